The maximum absolute atomic E-state index is 13.6. The van der Waals surface area contributed by atoms with Crippen molar-refractivity contribution >= 4 is 23.4 Å². The van der Waals surface area contributed by atoms with Gasteiger partial charge < -0.3 is 20.5 Å². The van der Waals surface area contributed by atoms with E-state index in [1.54, 1.807) is 25.1 Å². The van der Waals surface area contributed by atoms with E-state index in [-0.39, 0.29) is 17.6 Å². The van der Waals surface area contributed by atoms with Crippen LogP contribution in [0.3, 0.4) is 0 Å². The average Bonchev–Trinajstić information content (AvgIpc) is 2.77. The number of ether oxygens (including phenoxy) is 1. The molecule has 0 bridgehead atoms. The molecule has 0 saturated heterocycles. The predicted molar refractivity (Wildman–Crippen MR) is 123 cm³/mol. The third-order valence-corrected chi connectivity index (χ3v) is 5.68. The SMILES string of the molecule is CCOC(=O)NC1CCC(NC(Nc2cccc(Cl)c2)NC(O)c2ccc(F)c(F)c2)CC1. The quantitative estimate of drug-likeness (QED) is 0.343. The minimum absolute atomic E-state index is 0.0437. The van der Waals surface area contributed by atoms with Crippen LogP contribution >= 0.6 is 11.6 Å². The number of aliphatic hydroxyl groups excluding tert-OH is 1. The molecule has 1 aliphatic rings. The first-order chi connectivity index (χ1) is 15.8. The molecule has 2 aromatic rings. The van der Waals surface area contributed by atoms with Gasteiger partial charge in [0.2, 0.25) is 0 Å². The average molecular weight is 483 g/mol. The number of carbonyl (C=O) groups is 1. The Morgan fingerprint density at radius 2 is 1.85 bits per heavy atom. The molecule has 33 heavy (non-hydrogen) atoms. The Bertz CT molecular complexity index is 928. The molecule has 1 saturated carbocycles. The minimum atomic E-state index is -1.26. The summed E-state index contributed by atoms with van der Waals surface area (Å²) in [7, 11) is 0. The summed E-state index contributed by atoms with van der Waals surface area (Å²) in [6.07, 6.45) is 0.836. The highest BCUT2D eigenvalue weighted by Gasteiger charge is 2.26. The Hall–Kier alpha value is -2.46. The Morgan fingerprint density at radius 1 is 1.12 bits per heavy atom. The van der Waals surface area contributed by atoms with Crippen LogP contribution in [0, 0.1) is 11.6 Å². The zero-order valence-electron chi connectivity index (χ0n) is 18.3. The van der Waals surface area contributed by atoms with Crippen LogP contribution in [0.25, 0.3) is 0 Å². The van der Waals surface area contributed by atoms with Gasteiger partial charge in [0.1, 0.15) is 12.5 Å². The molecule has 0 heterocycles. The van der Waals surface area contributed by atoms with Gasteiger partial charge in [-0.1, -0.05) is 23.7 Å². The number of aliphatic hydroxyl groups is 1. The van der Waals surface area contributed by atoms with E-state index in [0.29, 0.717) is 17.3 Å². The standard InChI is InChI=1S/C23H29ClF2N4O3/c1-2-33-23(32)29-17-9-7-16(8-10-17)27-22(28-18-5-3-4-15(24)13-18)30-21(31)14-6-11-19(25)20(26)12-14/h3-6,11-13,16-17,21-22,27-28,30-31H,2,7-10H2,1H3,(H,29,32). The summed E-state index contributed by atoms with van der Waals surface area (Å²) in [5.41, 5.74) is 0.901. The first kappa shape index (κ1) is 25.2. The maximum atomic E-state index is 13.6. The number of rotatable bonds is 9. The Morgan fingerprint density at radius 3 is 2.52 bits per heavy atom. The van der Waals surface area contributed by atoms with Crippen LogP contribution in [-0.4, -0.2) is 36.2 Å². The van der Waals surface area contributed by atoms with Gasteiger partial charge >= 0.3 is 6.09 Å². The lowest BCUT2D eigenvalue weighted by molar-refractivity contribution is 0.114. The summed E-state index contributed by atoms with van der Waals surface area (Å²) in [5.74, 6) is -2.01. The fourth-order valence-electron chi connectivity index (χ4n) is 3.79. The monoisotopic (exact) mass is 482 g/mol. The number of anilines is 1. The molecule has 1 amide bonds. The topological polar surface area (TPSA) is 94.7 Å². The van der Waals surface area contributed by atoms with Crippen molar-refractivity contribution in [2.75, 3.05) is 11.9 Å². The van der Waals surface area contributed by atoms with Crippen molar-refractivity contribution in [1.82, 2.24) is 16.0 Å². The number of nitrogens with one attached hydrogen (secondary N) is 4. The molecule has 7 nitrogen and oxygen atoms in total. The lowest BCUT2D eigenvalue weighted by atomic mass is 9.91. The number of hydrogen-bond donors (Lipinski definition) is 5. The summed E-state index contributed by atoms with van der Waals surface area (Å²) in [4.78, 5) is 11.6. The summed E-state index contributed by atoms with van der Waals surface area (Å²) >= 11 is 6.08. The van der Waals surface area contributed by atoms with Gasteiger partial charge in [0.25, 0.3) is 0 Å². The number of hydrogen-bond acceptors (Lipinski definition) is 6. The molecule has 5 N–H and O–H groups in total. The highest BCUT2D eigenvalue weighted by molar-refractivity contribution is 6.30. The lowest BCUT2D eigenvalue weighted by Gasteiger charge is -2.34. The van der Waals surface area contributed by atoms with Gasteiger partial charge in [-0.05, 0) is 68.5 Å². The maximum Gasteiger partial charge on any atom is 0.407 e. The summed E-state index contributed by atoms with van der Waals surface area (Å²) in [6.45, 7) is 2.08. The Labute approximate surface area is 196 Å². The van der Waals surface area contributed by atoms with Crippen LogP contribution in [0.1, 0.15) is 44.4 Å². The number of carbonyl (C=O) groups excluding carboxylic acids is 1. The summed E-state index contributed by atoms with van der Waals surface area (Å²) in [6, 6.07) is 10.5. The van der Waals surface area contributed by atoms with Gasteiger partial charge in [-0.25, -0.2) is 13.6 Å². The number of benzene rings is 2. The largest absolute Gasteiger partial charge is 0.450 e. The molecule has 0 spiro atoms. The van der Waals surface area contributed by atoms with Gasteiger partial charge in [0, 0.05) is 22.8 Å². The van der Waals surface area contributed by atoms with Crippen molar-refractivity contribution in [3.05, 3.63) is 64.7 Å². The van der Waals surface area contributed by atoms with E-state index in [0.717, 1.165) is 37.8 Å². The molecule has 0 aromatic heterocycles. The van der Waals surface area contributed by atoms with Crippen LogP contribution in [0.4, 0.5) is 19.3 Å². The molecule has 2 unspecified atom stereocenters. The van der Waals surface area contributed by atoms with Crippen LogP contribution in [0.15, 0.2) is 42.5 Å². The van der Waals surface area contributed by atoms with E-state index in [4.69, 9.17) is 16.3 Å². The van der Waals surface area contributed by atoms with Gasteiger partial charge in [-0.2, -0.15) is 0 Å². The highest BCUT2D eigenvalue weighted by Crippen LogP contribution is 2.21. The molecule has 2 aromatic carbocycles. The van der Waals surface area contributed by atoms with E-state index >= 15 is 0 Å². The molecule has 10 heteroatoms. The number of halogens is 3. The van der Waals surface area contributed by atoms with Crippen molar-refractivity contribution in [2.24, 2.45) is 0 Å². The molecule has 0 radical (unpaired) electrons. The van der Waals surface area contributed by atoms with Crippen LogP contribution in [0.2, 0.25) is 5.02 Å². The van der Waals surface area contributed by atoms with Crippen molar-refractivity contribution < 1.29 is 23.4 Å². The van der Waals surface area contributed by atoms with Crippen LogP contribution in [0.5, 0.6) is 0 Å². The second kappa shape index (κ2) is 12.1. The second-order valence-corrected chi connectivity index (χ2v) is 8.35. The van der Waals surface area contributed by atoms with Gasteiger partial charge in [-0.15, -0.1) is 0 Å². The fourth-order valence-corrected chi connectivity index (χ4v) is 3.98. The third kappa shape index (κ3) is 7.82. The Balaban J connectivity index is 1.63. The van der Waals surface area contributed by atoms with Crippen molar-refractivity contribution in [1.29, 1.82) is 0 Å². The molecule has 1 fully saturated rings. The molecule has 0 aliphatic heterocycles. The van der Waals surface area contributed by atoms with Gasteiger partial charge in [0.15, 0.2) is 11.6 Å². The molecular formula is C23H29ClF2N4O3. The normalized spacial score (nSPS) is 20.0. The first-order valence-corrected chi connectivity index (χ1v) is 11.3. The highest BCUT2D eigenvalue weighted by atomic mass is 35.5. The number of alkyl carbamates (subject to hydrolysis) is 1. The zero-order chi connectivity index (χ0) is 23.8. The van der Waals surface area contributed by atoms with Crippen molar-refractivity contribution in [2.45, 2.75) is 57.2 Å². The van der Waals surface area contributed by atoms with Crippen molar-refractivity contribution in [3.8, 4) is 0 Å². The first-order valence-electron chi connectivity index (χ1n) is 10.9. The summed E-state index contributed by atoms with van der Waals surface area (Å²) < 4.78 is 31.8. The van der Waals surface area contributed by atoms with E-state index in [1.165, 1.54) is 6.07 Å². The van der Waals surface area contributed by atoms with E-state index in [1.807, 2.05) is 6.07 Å². The molecule has 3 rings (SSSR count). The van der Waals surface area contributed by atoms with Crippen LogP contribution < -0.4 is 21.3 Å². The van der Waals surface area contributed by atoms with E-state index in [9.17, 15) is 18.7 Å². The minimum Gasteiger partial charge on any atom is -0.450 e. The fraction of sp³-hybridized carbons (Fsp3) is 0.435. The molecule has 1 aliphatic carbocycles. The lowest BCUT2D eigenvalue weighted by Crippen LogP contribution is -2.54. The van der Waals surface area contributed by atoms with Crippen LogP contribution in [-0.2, 0) is 4.74 Å². The predicted octanol–water partition coefficient (Wildman–Crippen LogP) is 4.24. The third-order valence-electron chi connectivity index (χ3n) is 5.45. The smallest absolute Gasteiger partial charge is 0.407 e. The van der Waals surface area contributed by atoms with E-state index in [2.05, 4.69) is 21.3 Å². The second-order valence-electron chi connectivity index (χ2n) is 7.91. The molecule has 180 valence electrons. The number of amides is 1. The van der Waals surface area contributed by atoms with Gasteiger partial charge in [-0.3, -0.25) is 10.6 Å². The zero-order valence-corrected chi connectivity index (χ0v) is 19.0. The molecule has 2 atom stereocenters. The summed E-state index contributed by atoms with van der Waals surface area (Å²) in [5, 5.41) is 23.6. The van der Waals surface area contributed by atoms with E-state index < -0.39 is 30.2 Å². The van der Waals surface area contributed by atoms with Crippen molar-refractivity contribution in [3.63, 3.8) is 0 Å². The van der Waals surface area contributed by atoms with Gasteiger partial charge in [0.05, 0.1) is 6.61 Å². The molecular weight excluding hydrogens is 454 g/mol. The Kier molecular flexibility index (Phi) is 9.25.